The minimum Gasteiger partial charge on any atom is -0.491 e. The Bertz CT molecular complexity index is 640. The summed E-state index contributed by atoms with van der Waals surface area (Å²) in [6, 6.07) is 11.9. The summed E-state index contributed by atoms with van der Waals surface area (Å²) in [5.41, 5.74) is 2.20. The maximum Gasteiger partial charge on any atom is 0.254 e. The van der Waals surface area contributed by atoms with Crippen LogP contribution in [0.3, 0.4) is 0 Å². The number of rotatable bonds is 5. The van der Waals surface area contributed by atoms with Crippen molar-refractivity contribution in [2.45, 2.75) is 13.8 Å². The zero-order valence-corrected chi connectivity index (χ0v) is 12.2. The fourth-order valence-electron chi connectivity index (χ4n) is 1.93. The predicted molar refractivity (Wildman–Crippen MR) is 80.1 cm³/mol. The Kier molecular flexibility index (Phi) is 4.93. The molecule has 0 aliphatic heterocycles. The van der Waals surface area contributed by atoms with Crippen molar-refractivity contribution in [1.82, 2.24) is 5.32 Å². The average Bonchev–Trinajstić information content (AvgIpc) is 2.47. The molecular formula is C17H18FNO2. The number of aryl methyl sites for hydroxylation is 2. The van der Waals surface area contributed by atoms with Crippen molar-refractivity contribution in [2.24, 2.45) is 0 Å². The van der Waals surface area contributed by atoms with Crippen LogP contribution >= 0.6 is 0 Å². The van der Waals surface area contributed by atoms with Gasteiger partial charge in [0, 0.05) is 0 Å². The number of nitrogens with one attached hydrogen (secondary N) is 1. The largest absolute Gasteiger partial charge is 0.491 e. The molecular weight excluding hydrogens is 269 g/mol. The van der Waals surface area contributed by atoms with Gasteiger partial charge in [0.25, 0.3) is 5.91 Å². The molecule has 0 spiro atoms. The summed E-state index contributed by atoms with van der Waals surface area (Å²) in [5.74, 6) is -0.154. The molecule has 0 bridgehead atoms. The van der Waals surface area contributed by atoms with E-state index in [1.54, 1.807) is 12.1 Å². The maximum atomic E-state index is 13.4. The van der Waals surface area contributed by atoms with Crippen molar-refractivity contribution in [2.75, 3.05) is 13.2 Å². The highest BCUT2D eigenvalue weighted by Crippen LogP contribution is 2.18. The van der Waals surface area contributed by atoms with Gasteiger partial charge in [0.05, 0.1) is 12.1 Å². The summed E-state index contributed by atoms with van der Waals surface area (Å²) in [5, 5.41) is 2.64. The SMILES string of the molecule is Cc1ccc(C)c(OCCNC(=O)c2ccccc2F)c1. The van der Waals surface area contributed by atoms with Gasteiger partial charge >= 0.3 is 0 Å². The second-order valence-electron chi connectivity index (χ2n) is 4.85. The monoisotopic (exact) mass is 287 g/mol. The first kappa shape index (κ1) is 15.0. The molecule has 110 valence electrons. The van der Waals surface area contributed by atoms with Crippen molar-refractivity contribution >= 4 is 5.91 Å². The maximum absolute atomic E-state index is 13.4. The fourth-order valence-corrected chi connectivity index (χ4v) is 1.93. The van der Waals surface area contributed by atoms with Gasteiger partial charge in [-0.1, -0.05) is 24.3 Å². The third-order valence-electron chi connectivity index (χ3n) is 3.11. The van der Waals surface area contributed by atoms with Crippen LogP contribution in [-0.4, -0.2) is 19.1 Å². The first-order valence-corrected chi connectivity index (χ1v) is 6.80. The fraction of sp³-hybridized carbons (Fsp3) is 0.235. The van der Waals surface area contributed by atoms with E-state index in [0.717, 1.165) is 16.9 Å². The second kappa shape index (κ2) is 6.88. The molecule has 0 aliphatic carbocycles. The Morgan fingerprint density at radius 1 is 1.19 bits per heavy atom. The number of ether oxygens (including phenoxy) is 1. The van der Waals surface area contributed by atoms with Crippen LogP contribution in [0.2, 0.25) is 0 Å². The number of carbonyl (C=O) groups is 1. The summed E-state index contributed by atoms with van der Waals surface area (Å²) < 4.78 is 19.0. The van der Waals surface area contributed by atoms with Crippen molar-refractivity contribution in [3.8, 4) is 5.75 Å². The highest BCUT2D eigenvalue weighted by atomic mass is 19.1. The van der Waals surface area contributed by atoms with Crippen LogP contribution in [0.1, 0.15) is 21.5 Å². The molecule has 21 heavy (non-hydrogen) atoms. The quantitative estimate of drug-likeness (QED) is 0.857. The molecule has 2 aromatic rings. The molecule has 0 saturated heterocycles. The van der Waals surface area contributed by atoms with Crippen molar-refractivity contribution in [3.63, 3.8) is 0 Å². The van der Waals surface area contributed by atoms with Crippen LogP contribution in [0.5, 0.6) is 5.75 Å². The first-order valence-electron chi connectivity index (χ1n) is 6.80. The normalized spacial score (nSPS) is 10.2. The molecule has 0 aliphatic rings. The molecule has 0 heterocycles. The van der Waals surface area contributed by atoms with Gasteiger partial charge in [0.2, 0.25) is 0 Å². The van der Waals surface area contributed by atoms with Crippen LogP contribution < -0.4 is 10.1 Å². The number of carbonyl (C=O) groups excluding carboxylic acids is 1. The van der Waals surface area contributed by atoms with Crippen LogP contribution in [0, 0.1) is 19.7 Å². The lowest BCUT2D eigenvalue weighted by Gasteiger charge is -2.11. The van der Waals surface area contributed by atoms with E-state index in [1.807, 2.05) is 32.0 Å². The standard InChI is InChI=1S/C17H18FNO2/c1-12-7-8-13(2)16(11-12)21-10-9-19-17(20)14-5-3-4-6-15(14)18/h3-8,11H,9-10H2,1-2H3,(H,19,20). The van der Waals surface area contributed by atoms with E-state index in [4.69, 9.17) is 4.74 Å². The summed E-state index contributed by atoms with van der Waals surface area (Å²) in [6.07, 6.45) is 0. The minimum atomic E-state index is -0.523. The van der Waals surface area contributed by atoms with E-state index in [1.165, 1.54) is 12.1 Å². The third-order valence-corrected chi connectivity index (χ3v) is 3.11. The Labute approximate surface area is 123 Å². The van der Waals surface area contributed by atoms with E-state index in [0.29, 0.717) is 13.2 Å². The average molecular weight is 287 g/mol. The summed E-state index contributed by atoms with van der Waals surface area (Å²) in [4.78, 5) is 11.8. The number of halogens is 1. The number of benzene rings is 2. The first-order chi connectivity index (χ1) is 10.1. The summed E-state index contributed by atoms with van der Waals surface area (Å²) in [6.45, 7) is 4.62. The van der Waals surface area contributed by atoms with E-state index in [2.05, 4.69) is 5.32 Å². The molecule has 0 aromatic heterocycles. The van der Waals surface area contributed by atoms with Gasteiger partial charge in [0.15, 0.2) is 0 Å². The molecule has 0 radical (unpaired) electrons. The predicted octanol–water partition coefficient (Wildman–Crippen LogP) is 3.25. The van der Waals surface area contributed by atoms with Crippen LogP contribution in [0.4, 0.5) is 4.39 Å². The molecule has 2 aromatic carbocycles. The van der Waals surface area contributed by atoms with Gasteiger partial charge in [-0.3, -0.25) is 4.79 Å². The molecule has 1 N–H and O–H groups in total. The highest BCUT2D eigenvalue weighted by Gasteiger charge is 2.09. The molecule has 0 fully saturated rings. The highest BCUT2D eigenvalue weighted by molar-refractivity contribution is 5.94. The van der Waals surface area contributed by atoms with Crippen LogP contribution in [0.15, 0.2) is 42.5 Å². The second-order valence-corrected chi connectivity index (χ2v) is 4.85. The van der Waals surface area contributed by atoms with E-state index < -0.39 is 11.7 Å². The Morgan fingerprint density at radius 3 is 2.71 bits per heavy atom. The zero-order chi connectivity index (χ0) is 15.2. The topological polar surface area (TPSA) is 38.3 Å². The van der Waals surface area contributed by atoms with E-state index in [9.17, 15) is 9.18 Å². The van der Waals surface area contributed by atoms with Crippen LogP contribution in [0.25, 0.3) is 0 Å². The molecule has 0 saturated carbocycles. The lowest BCUT2D eigenvalue weighted by molar-refractivity contribution is 0.0943. The van der Waals surface area contributed by atoms with Gasteiger partial charge in [0.1, 0.15) is 18.2 Å². The van der Waals surface area contributed by atoms with E-state index >= 15 is 0 Å². The van der Waals surface area contributed by atoms with Gasteiger partial charge < -0.3 is 10.1 Å². The number of hydrogen-bond donors (Lipinski definition) is 1. The smallest absolute Gasteiger partial charge is 0.254 e. The Hall–Kier alpha value is -2.36. The summed E-state index contributed by atoms with van der Waals surface area (Å²) in [7, 11) is 0. The zero-order valence-electron chi connectivity index (χ0n) is 12.2. The van der Waals surface area contributed by atoms with Crippen molar-refractivity contribution in [3.05, 3.63) is 65.0 Å². The Morgan fingerprint density at radius 2 is 1.95 bits per heavy atom. The molecule has 3 nitrogen and oxygen atoms in total. The van der Waals surface area contributed by atoms with E-state index in [-0.39, 0.29) is 5.56 Å². The molecule has 4 heteroatoms. The number of hydrogen-bond acceptors (Lipinski definition) is 2. The lowest BCUT2D eigenvalue weighted by atomic mass is 10.1. The Balaban J connectivity index is 1.84. The lowest BCUT2D eigenvalue weighted by Crippen LogP contribution is -2.28. The third kappa shape index (κ3) is 4.05. The van der Waals surface area contributed by atoms with Gasteiger partial charge in [-0.25, -0.2) is 4.39 Å². The van der Waals surface area contributed by atoms with Gasteiger partial charge in [-0.05, 0) is 43.2 Å². The van der Waals surface area contributed by atoms with Crippen molar-refractivity contribution < 1.29 is 13.9 Å². The molecule has 0 unspecified atom stereocenters. The van der Waals surface area contributed by atoms with Crippen molar-refractivity contribution in [1.29, 1.82) is 0 Å². The summed E-state index contributed by atoms with van der Waals surface area (Å²) >= 11 is 0. The molecule has 2 rings (SSSR count). The van der Waals surface area contributed by atoms with Gasteiger partial charge in [-0.2, -0.15) is 0 Å². The number of amides is 1. The van der Waals surface area contributed by atoms with Gasteiger partial charge in [-0.15, -0.1) is 0 Å². The molecule has 0 atom stereocenters. The minimum absolute atomic E-state index is 0.0456. The molecule has 1 amide bonds. The van der Waals surface area contributed by atoms with Crippen LogP contribution in [-0.2, 0) is 0 Å².